The average molecular weight is 416 g/mol. The zero-order valence-electron chi connectivity index (χ0n) is 14.8. The number of halogens is 2. The minimum atomic E-state index is -0.565. The normalized spacial score (nSPS) is 18.1. The van der Waals surface area contributed by atoms with Crippen molar-refractivity contribution in [3.05, 3.63) is 28.5 Å². The Morgan fingerprint density at radius 1 is 1.32 bits per heavy atom. The largest absolute Gasteiger partial charge is 0.444 e. The van der Waals surface area contributed by atoms with E-state index in [-0.39, 0.29) is 17.8 Å². The second kappa shape index (κ2) is 7.59. The van der Waals surface area contributed by atoms with Crippen LogP contribution in [0, 0.1) is 5.82 Å². The first-order chi connectivity index (χ1) is 11.6. The predicted molar refractivity (Wildman–Crippen MR) is 97.1 cm³/mol. The van der Waals surface area contributed by atoms with Crippen molar-refractivity contribution < 1.29 is 18.7 Å². The highest BCUT2D eigenvalue weighted by molar-refractivity contribution is 9.10. The van der Waals surface area contributed by atoms with Gasteiger partial charge in [-0.05, 0) is 45.9 Å². The second-order valence-electron chi connectivity index (χ2n) is 7.02. The molecule has 1 saturated heterocycles. The van der Waals surface area contributed by atoms with Crippen LogP contribution in [0.2, 0.25) is 0 Å². The van der Waals surface area contributed by atoms with Crippen LogP contribution in [-0.2, 0) is 4.74 Å². The van der Waals surface area contributed by atoms with Crippen LogP contribution in [0.1, 0.15) is 27.7 Å². The number of benzene rings is 1. The van der Waals surface area contributed by atoms with Crippen LogP contribution in [0.4, 0.5) is 19.7 Å². The van der Waals surface area contributed by atoms with E-state index in [4.69, 9.17) is 4.74 Å². The third-order valence-corrected chi connectivity index (χ3v) is 4.21. The number of carbonyl (C=O) groups excluding carboxylic acids is 2. The molecule has 1 aliphatic rings. The van der Waals surface area contributed by atoms with Crippen LogP contribution in [-0.4, -0.2) is 53.2 Å². The Kier molecular flexibility index (Phi) is 5.92. The molecule has 2 rings (SSSR count). The molecular formula is C17H23BrFN3O3. The lowest BCUT2D eigenvalue weighted by Gasteiger charge is -2.40. The summed E-state index contributed by atoms with van der Waals surface area (Å²) < 4.78 is 19.8. The maximum atomic E-state index is 13.8. The van der Waals surface area contributed by atoms with E-state index in [1.54, 1.807) is 15.9 Å². The fraction of sp³-hybridized carbons (Fsp3) is 0.529. The standard InChI is InChI=1S/C17H23BrFN3O3/c1-11-10-21(7-8-22(11)16(24)25-17(2,3)4)15(23)20-14-6-5-12(18)9-13(14)19/h5-6,9,11H,7-8,10H2,1-4H3,(H,20,23). The molecular weight excluding hydrogens is 393 g/mol. The lowest BCUT2D eigenvalue weighted by atomic mass is 10.2. The van der Waals surface area contributed by atoms with Gasteiger partial charge in [0.1, 0.15) is 11.4 Å². The summed E-state index contributed by atoms with van der Waals surface area (Å²) in [6, 6.07) is 3.86. The molecule has 0 radical (unpaired) electrons. The Labute approximate surface area is 155 Å². The molecule has 0 aromatic heterocycles. The van der Waals surface area contributed by atoms with E-state index >= 15 is 0 Å². The van der Waals surface area contributed by atoms with Crippen molar-refractivity contribution in [3.8, 4) is 0 Å². The lowest BCUT2D eigenvalue weighted by Crippen LogP contribution is -2.57. The van der Waals surface area contributed by atoms with Crippen molar-refractivity contribution in [1.29, 1.82) is 0 Å². The molecule has 3 amide bonds. The van der Waals surface area contributed by atoms with E-state index < -0.39 is 17.4 Å². The summed E-state index contributed by atoms with van der Waals surface area (Å²) in [6.07, 6.45) is -0.390. The Balaban J connectivity index is 1.95. The molecule has 6 nitrogen and oxygen atoms in total. The molecule has 25 heavy (non-hydrogen) atoms. The molecule has 1 heterocycles. The van der Waals surface area contributed by atoms with E-state index in [2.05, 4.69) is 21.2 Å². The summed E-state index contributed by atoms with van der Waals surface area (Å²) in [5, 5.41) is 2.57. The second-order valence-corrected chi connectivity index (χ2v) is 7.94. The minimum absolute atomic E-state index is 0.121. The Hall–Kier alpha value is -1.83. The van der Waals surface area contributed by atoms with E-state index in [1.165, 1.54) is 12.1 Å². The molecule has 1 unspecified atom stereocenters. The van der Waals surface area contributed by atoms with Gasteiger partial charge in [-0.1, -0.05) is 15.9 Å². The third-order valence-electron chi connectivity index (χ3n) is 3.72. The van der Waals surface area contributed by atoms with Crippen LogP contribution in [0.15, 0.2) is 22.7 Å². The van der Waals surface area contributed by atoms with Gasteiger partial charge in [-0.15, -0.1) is 0 Å². The molecule has 0 aliphatic carbocycles. The fourth-order valence-electron chi connectivity index (χ4n) is 2.52. The van der Waals surface area contributed by atoms with Crippen LogP contribution in [0.25, 0.3) is 0 Å². The number of nitrogens with one attached hydrogen (secondary N) is 1. The maximum Gasteiger partial charge on any atom is 0.410 e. The first-order valence-electron chi connectivity index (χ1n) is 8.07. The SMILES string of the molecule is CC1CN(C(=O)Nc2ccc(Br)cc2F)CCN1C(=O)OC(C)(C)C. The van der Waals surface area contributed by atoms with Crippen molar-refractivity contribution in [2.45, 2.75) is 39.3 Å². The number of amides is 3. The molecule has 138 valence electrons. The van der Waals surface area contributed by atoms with E-state index in [1.807, 2.05) is 27.7 Å². The smallest absolute Gasteiger partial charge is 0.410 e. The molecule has 0 bridgehead atoms. The summed E-state index contributed by atoms with van der Waals surface area (Å²) >= 11 is 3.18. The minimum Gasteiger partial charge on any atom is -0.444 e. The van der Waals surface area contributed by atoms with E-state index in [0.29, 0.717) is 24.1 Å². The van der Waals surface area contributed by atoms with Gasteiger partial charge in [0.05, 0.1) is 5.69 Å². The van der Waals surface area contributed by atoms with Crippen molar-refractivity contribution in [1.82, 2.24) is 9.80 Å². The summed E-state index contributed by atoms with van der Waals surface area (Å²) in [6.45, 7) is 8.36. The number of carbonyl (C=O) groups is 2. The fourth-order valence-corrected chi connectivity index (χ4v) is 2.85. The van der Waals surface area contributed by atoms with Crippen molar-refractivity contribution in [2.75, 3.05) is 25.0 Å². The van der Waals surface area contributed by atoms with Gasteiger partial charge in [0, 0.05) is 30.1 Å². The Bertz CT molecular complexity index is 663. The third kappa shape index (κ3) is 5.32. The molecule has 1 atom stereocenters. The first kappa shape index (κ1) is 19.5. The van der Waals surface area contributed by atoms with Gasteiger partial charge in [-0.2, -0.15) is 0 Å². The van der Waals surface area contributed by atoms with Gasteiger partial charge in [-0.3, -0.25) is 0 Å². The van der Waals surface area contributed by atoms with Crippen molar-refractivity contribution >= 4 is 33.7 Å². The predicted octanol–water partition coefficient (Wildman–Crippen LogP) is 4.06. The highest BCUT2D eigenvalue weighted by Crippen LogP contribution is 2.21. The van der Waals surface area contributed by atoms with Gasteiger partial charge in [0.15, 0.2) is 0 Å². The molecule has 0 spiro atoms. The maximum absolute atomic E-state index is 13.8. The average Bonchev–Trinajstić information content (AvgIpc) is 2.48. The summed E-state index contributed by atoms with van der Waals surface area (Å²) in [5.41, 5.74) is -0.444. The summed E-state index contributed by atoms with van der Waals surface area (Å²) in [4.78, 5) is 27.7. The van der Waals surface area contributed by atoms with Gasteiger partial charge in [0.2, 0.25) is 0 Å². The Morgan fingerprint density at radius 2 is 2.00 bits per heavy atom. The summed E-state index contributed by atoms with van der Waals surface area (Å²) in [7, 11) is 0. The monoisotopic (exact) mass is 415 g/mol. The number of urea groups is 1. The number of piperazine rings is 1. The van der Waals surface area contributed by atoms with Gasteiger partial charge < -0.3 is 19.9 Å². The van der Waals surface area contributed by atoms with Gasteiger partial charge >= 0.3 is 12.1 Å². The first-order valence-corrected chi connectivity index (χ1v) is 8.87. The number of hydrogen-bond acceptors (Lipinski definition) is 3. The number of anilines is 1. The number of nitrogens with zero attached hydrogens (tertiary/aromatic N) is 2. The van der Waals surface area contributed by atoms with Crippen LogP contribution < -0.4 is 5.32 Å². The van der Waals surface area contributed by atoms with Gasteiger partial charge in [-0.25, -0.2) is 14.0 Å². The Morgan fingerprint density at radius 3 is 2.56 bits per heavy atom. The zero-order valence-corrected chi connectivity index (χ0v) is 16.4. The molecule has 0 saturated carbocycles. The van der Waals surface area contributed by atoms with Crippen LogP contribution in [0.5, 0.6) is 0 Å². The topological polar surface area (TPSA) is 61.9 Å². The van der Waals surface area contributed by atoms with Crippen LogP contribution in [0.3, 0.4) is 0 Å². The molecule has 1 fully saturated rings. The summed E-state index contributed by atoms with van der Waals surface area (Å²) in [5.74, 6) is -0.511. The quantitative estimate of drug-likeness (QED) is 0.751. The molecule has 1 aromatic rings. The van der Waals surface area contributed by atoms with Gasteiger partial charge in [0.25, 0.3) is 0 Å². The zero-order chi connectivity index (χ0) is 18.8. The van der Waals surface area contributed by atoms with Crippen LogP contribution >= 0.6 is 15.9 Å². The number of ether oxygens (including phenoxy) is 1. The van der Waals surface area contributed by atoms with E-state index in [0.717, 1.165) is 0 Å². The van der Waals surface area contributed by atoms with E-state index in [9.17, 15) is 14.0 Å². The highest BCUT2D eigenvalue weighted by atomic mass is 79.9. The van der Waals surface area contributed by atoms with Crippen molar-refractivity contribution in [2.24, 2.45) is 0 Å². The molecule has 8 heteroatoms. The molecule has 1 N–H and O–H groups in total. The van der Waals surface area contributed by atoms with Crippen molar-refractivity contribution in [3.63, 3.8) is 0 Å². The number of hydrogen-bond donors (Lipinski definition) is 1. The lowest BCUT2D eigenvalue weighted by molar-refractivity contribution is 0.00589. The number of rotatable bonds is 1. The highest BCUT2D eigenvalue weighted by Gasteiger charge is 2.32. The molecule has 1 aliphatic heterocycles. The molecule has 1 aromatic carbocycles.